The predicted octanol–water partition coefficient (Wildman–Crippen LogP) is 5.30. The van der Waals surface area contributed by atoms with Gasteiger partial charge in [0.25, 0.3) is 5.56 Å². The number of carbonyl (C=O) groups excluding carboxylic acids is 1. The number of nitrogens with zero attached hydrogens (tertiary/aromatic N) is 3. The van der Waals surface area contributed by atoms with Crippen LogP contribution in [-0.4, -0.2) is 27.0 Å². The van der Waals surface area contributed by atoms with E-state index >= 15 is 0 Å². The van der Waals surface area contributed by atoms with Crippen LogP contribution < -0.4 is 10.9 Å². The van der Waals surface area contributed by atoms with Gasteiger partial charge in [0.15, 0.2) is 0 Å². The number of fused-ring (bicyclic) bond motifs is 1. The third-order valence-corrected chi connectivity index (χ3v) is 6.14. The van der Waals surface area contributed by atoms with E-state index in [2.05, 4.69) is 5.32 Å². The van der Waals surface area contributed by atoms with Gasteiger partial charge >= 0.3 is 6.03 Å². The molecule has 1 unspecified atom stereocenters. The van der Waals surface area contributed by atoms with E-state index in [0.29, 0.717) is 29.8 Å². The molecule has 4 aromatic rings. The Kier molecular flexibility index (Phi) is 6.77. The lowest BCUT2D eigenvalue weighted by molar-refractivity contribution is 0.179. The van der Waals surface area contributed by atoms with E-state index in [1.807, 2.05) is 94.4 Å². The number of rotatable bonds is 6. The minimum absolute atomic E-state index is 0.137. The molecule has 0 radical (unpaired) electrons. The van der Waals surface area contributed by atoms with Crippen LogP contribution in [0.2, 0.25) is 0 Å². The van der Waals surface area contributed by atoms with Crippen LogP contribution in [-0.2, 0) is 6.54 Å². The summed E-state index contributed by atoms with van der Waals surface area (Å²) in [6.45, 7) is 8.73. The molecule has 0 aliphatic rings. The summed E-state index contributed by atoms with van der Waals surface area (Å²) in [5.41, 5.74) is 4.31. The number of amides is 2. The zero-order chi connectivity index (χ0) is 24.2. The van der Waals surface area contributed by atoms with Crippen LogP contribution in [0, 0.1) is 13.8 Å². The Morgan fingerprint density at radius 3 is 2.47 bits per heavy atom. The van der Waals surface area contributed by atoms with Crippen LogP contribution >= 0.6 is 0 Å². The number of aromatic nitrogens is 2. The number of hydrogen-bond acceptors (Lipinski definition) is 3. The molecule has 0 bridgehead atoms. The number of carbonyl (C=O) groups is 1. The summed E-state index contributed by atoms with van der Waals surface area (Å²) in [4.78, 5) is 33.5. The van der Waals surface area contributed by atoms with Gasteiger partial charge in [0.2, 0.25) is 0 Å². The molecule has 1 atom stereocenters. The van der Waals surface area contributed by atoms with Crippen LogP contribution in [0.4, 0.5) is 4.79 Å². The van der Waals surface area contributed by atoms with Gasteiger partial charge in [0.05, 0.1) is 22.6 Å². The summed E-state index contributed by atoms with van der Waals surface area (Å²) in [6.07, 6.45) is 0. The molecule has 34 heavy (non-hydrogen) atoms. The van der Waals surface area contributed by atoms with Gasteiger partial charge in [-0.2, -0.15) is 0 Å². The summed E-state index contributed by atoms with van der Waals surface area (Å²) in [6, 6.07) is 22.5. The third kappa shape index (κ3) is 4.57. The van der Waals surface area contributed by atoms with Gasteiger partial charge in [0.1, 0.15) is 5.82 Å². The molecule has 3 aromatic carbocycles. The standard InChI is InChI=1S/C28H30N4O2/c1-5-31(28(34)29-18-22-11-7-6-8-12-22)21(4)26-30-24-14-10-9-13-23(24)27(33)32(26)25-17-19(2)15-16-20(25)3/h6-17,21H,5,18H2,1-4H3,(H,29,34). The maximum Gasteiger partial charge on any atom is 0.318 e. The minimum Gasteiger partial charge on any atom is -0.334 e. The Hall–Kier alpha value is -3.93. The monoisotopic (exact) mass is 454 g/mol. The van der Waals surface area contributed by atoms with Crippen LogP contribution in [0.1, 0.15) is 42.4 Å². The molecule has 2 amide bonds. The van der Waals surface area contributed by atoms with Gasteiger partial charge in [-0.3, -0.25) is 9.36 Å². The smallest absolute Gasteiger partial charge is 0.318 e. The van der Waals surface area contributed by atoms with E-state index in [0.717, 1.165) is 22.4 Å². The zero-order valence-corrected chi connectivity index (χ0v) is 20.1. The highest BCUT2D eigenvalue weighted by molar-refractivity contribution is 5.78. The van der Waals surface area contributed by atoms with Crippen molar-refractivity contribution in [3.05, 3.63) is 106 Å². The highest BCUT2D eigenvalue weighted by Crippen LogP contribution is 2.25. The van der Waals surface area contributed by atoms with Gasteiger partial charge in [-0.05, 0) is 62.6 Å². The van der Waals surface area contributed by atoms with Gasteiger partial charge in [-0.1, -0.05) is 54.6 Å². The first-order valence-corrected chi connectivity index (χ1v) is 11.6. The van der Waals surface area contributed by atoms with E-state index in [-0.39, 0.29) is 11.6 Å². The van der Waals surface area contributed by atoms with Crippen LogP contribution in [0.25, 0.3) is 16.6 Å². The molecular weight excluding hydrogens is 424 g/mol. The van der Waals surface area contributed by atoms with E-state index in [1.165, 1.54) is 0 Å². The molecule has 1 heterocycles. The number of benzene rings is 3. The summed E-state index contributed by atoms with van der Waals surface area (Å²) in [7, 11) is 0. The van der Waals surface area contributed by atoms with Crippen molar-refractivity contribution in [3.63, 3.8) is 0 Å². The van der Waals surface area contributed by atoms with Crippen molar-refractivity contribution < 1.29 is 4.79 Å². The van der Waals surface area contributed by atoms with E-state index in [1.54, 1.807) is 15.5 Å². The van der Waals surface area contributed by atoms with Crippen molar-refractivity contribution in [1.29, 1.82) is 0 Å². The van der Waals surface area contributed by atoms with Gasteiger partial charge in [0, 0.05) is 13.1 Å². The molecule has 6 heteroatoms. The second-order valence-corrected chi connectivity index (χ2v) is 8.52. The van der Waals surface area contributed by atoms with Gasteiger partial charge in [-0.25, -0.2) is 9.78 Å². The lowest BCUT2D eigenvalue weighted by atomic mass is 10.1. The lowest BCUT2D eigenvalue weighted by Crippen LogP contribution is -2.43. The molecule has 0 saturated heterocycles. The van der Waals surface area contributed by atoms with Crippen molar-refractivity contribution in [2.24, 2.45) is 0 Å². The maximum absolute atomic E-state index is 13.7. The quantitative estimate of drug-likeness (QED) is 0.430. The highest BCUT2D eigenvalue weighted by atomic mass is 16.2. The largest absolute Gasteiger partial charge is 0.334 e. The predicted molar refractivity (Wildman–Crippen MR) is 136 cm³/mol. The first-order chi connectivity index (χ1) is 16.4. The van der Waals surface area contributed by atoms with Crippen molar-refractivity contribution in [1.82, 2.24) is 19.8 Å². The fourth-order valence-electron chi connectivity index (χ4n) is 4.23. The average Bonchev–Trinajstić information content (AvgIpc) is 2.85. The molecule has 6 nitrogen and oxygen atoms in total. The molecule has 4 rings (SSSR count). The summed E-state index contributed by atoms with van der Waals surface area (Å²) >= 11 is 0. The fraction of sp³-hybridized carbons (Fsp3) is 0.250. The zero-order valence-electron chi connectivity index (χ0n) is 20.1. The second-order valence-electron chi connectivity index (χ2n) is 8.52. The second kappa shape index (κ2) is 9.91. The van der Waals surface area contributed by atoms with Gasteiger partial charge < -0.3 is 10.2 Å². The highest BCUT2D eigenvalue weighted by Gasteiger charge is 2.26. The first-order valence-electron chi connectivity index (χ1n) is 11.6. The molecule has 0 saturated carbocycles. The van der Waals surface area contributed by atoms with Crippen molar-refractivity contribution in [2.75, 3.05) is 6.54 Å². The Morgan fingerprint density at radius 2 is 1.74 bits per heavy atom. The first kappa shape index (κ1) is 23.2. The number of para-hydroxylation sites is 1. The fourth-order valence-corrected chi connectivity index (χ4v) is 4.23. The number of hydrogen-bond donors (Lipinski definition) is 1. The number of urea groups is 1. The Labute approximate surface area is 199 Å². The van der Waals surface area contributed by atoms with Crippen molar-refractivity contribution >= 4 is 16.9 Å². The van der Waals surface area contributed by atoms with Crippen molar-refractivity contribution in [2.45, 2.75) is 40.3 Å². The average molecular weight is 455 g/mol. The summed E-state index contributed by atoms with van der Waals surface area (Å²) < 4.78 is 1.67. The van der Waals surface area contributed by atoms with E-state index in [9.17, 15) is 9.59 Å². The molecule has 0 aliphatic carbocycles. The SMILES string of the molecule is CCN(C(=O)NCc1ccccc1)C(C)c1nc2ccccc2c(=O)n1-c1cc(C)ccc1C. The van der Waals surface area contributed by atoms with E-state index in [4.69, 9.17) is 4.98 Å². The normalized spacial score (nSPS) is 11.9. The third-order valence-electron chi connectivity index (χ3n) is 6.14. The minimum atomic E-state index is -0.432. The topological polar surface area (TPSA) is 67.2 Å². The molecule has 1 N–H and O–H groups in total. The van der Waals surface area contributed by atoms with Gasteiger partial charge in [-0.15, -0.1) is 0 Å². The molecule has 0 spiro atoms. The van der Waals surface area contributed by atoms with Crippen LogP contribution in [0.5, 0.6) is 0 Å². The summed E-state index contributed by atoms with van der Waals surface area (Å²) in [5, 5.41) is 3.56. The van der Waals surface area contributed by atoms with Crippen molar-refractivity contribution in [3.8, 4) is 5.69 Å². The molecule has 0 fully saturated rings. The maximum atomic E-state index is 13.7. The Bertz CT molecular complexity index is 1380. The van der Waals surface area contributed by atoms with E-state index < -0.39 is 6.04 Å². The molecule has 174 valence electrons. The number of aryl methyl sites for hydroxylation is 2. The Balaban J connectivity index is 1.79. The lowest BCUT2D eigenvalue weighted by Gasteiger charge is -2.30. The summed E-state index contributed by atoms with van der Waals surface area (Å²) in [5.74, 6) is 0.536. The Morgan fingerprint density at radius 1 is 1.03 bits per heavy atom. The molecule has 1 aromatic heterocycles. The molecule has 0 aliphatic heterocycles. The van der Waals surface area contributed by atoms with Crippen LogP contribution in [0.15, 0.2) is 77.6 Å². The van der Waals surface area contributed by atoms with Crippen LogP contribution in [0.3, 0.4) is 0 Å². The molecular formula is C28H30N4O2. The number of nitrogens with one attached hydrogen (secondary N) is 1.